The van der Waals surface area contributed by atoms with Crippen molar-refractivity contribution in [2.45, 2.75) is 45.6 Å². The van der Waals surface area contributed by atoms with Gasteiger partial charge in [-0.25, -0.2) is 0 Å². The van der Waals surface area contributed by atoms with Crippen LogP contribution >= 0.6 is 0 Å². The Morgan fingerprint density at radius 1 is 1.36 bits per heavy atom. The monoisotopic (exact) mass is 191 g/mol. The number of hydrogen-bond donors (Lipinski definition) is 0. The molecular weight excluding hydrogens is 174 g/mol. The van der Waals surface area contributed by atoms with Crippen LogP contribution in [0.15, 0.2) is 6.07 Å². The first-order valence-corrected chi connectivity index (χ1v) is 5.37. The minimum absolute atomic E-state index is 0.642. The number of carbonyl (C=O) groups excluding carboxylic acids is 1. The largest absolute Gasteiger partial charge is 0.345 e. The minimum Gasteiger partial charge on any atom is -0.345 e. The molecule has 0 aliphatic heterocycles. The van der Waals surface area contributed by atoms with Crippen LogP contribution in [-0.4, -0.2) is 10.9 Å². The Balaban J connectivity index is 2.40. The van der Waals surface area contributed by atoms with Gasteiger partial charge in [0.05, 0.1) is 0 Å². The fourth-order valence-electron chi connectivity index (χ4n) is 2.65. The first-order valence-electron chi connectivity index (χ1n) is 5.37. The molecule has 2 nitrogen and oxygen atoms in total. The number of nitrogens with zero attached hydrogens (tertiary/aromatic N) is 1. The van der Waals surface area contributed by atoms with E-state index >= 15 is 0 Å². The Morgan fingerprint density at radius 3 is 2.50 bits per heavy atom. The molecule has 14 heavy (non-hydrogen) atoms. The van der Waals surface area contributed by atoms with Crippen molar-refractivity contribution >= 4 is 6.29 Å². The van der Waals surface area contributed by atoms with Gasteiger partial charge in [0, 0.05) is 23.0 Å². The lowest BCUT2D eigenvalue weighted by Gasteiger charge is -2.16. The molecule has 76 valence electrons. The van der Waals surface area contributed by atoms with Crippen LogP contribution in [0.4, 0.5) is 0 Å². The summed E-state index contributed by atoms with van der Waals surface area (Å²) in [6.45, 7) is 4.15. The van der Waals surface area contributed by atoms with Gasteiger partial charge in [0.1, 0.15) is 0 Å². The predicted octanol–water partition coefficient (Wildman–Crippen LogP) is 3.03. The molecule has 0 saturated heterocycles. The molecule has 1 fully saturated rings. The number of hydrogen-bond acceptors (Lipinski definition) is 1. The van der Waals surface area contributed by atoms with E-state index in [0.29, 0.717) is 6.04 Å². The first kappa shape index (κ1) is 9.50. The highest BCUT2D eigenvalue weighted by Gasteiger charge is 2.20. The molecule has 0 radical (unpaired) electrons. The summed E-state index contributed by atoms with van der Waals surface area (Å²) in [5.41, 5.74) is 3.23. The molecule has 1 aliphatic rings. The normalized spacial score (nSPS) is 17.6. The average molecular weight is 191 g/mol. The summed E-state index contributed by atoms with van der Waals surface area (Å²) in [6, 6.07) is 2.64. The van der Waals surface area contributed by atoms with Crippen LogP contribution in [0.5, 0.6) is 0 Å². The quantitative estimate of drug-likeness (QED) is 0.658. The zero-order chi connectivity index (χ0) is 10.1. The van der Waals surface area contributed by atoms with Crippen molar-refractivity contribution in [3.05, 3.63) is 23.0 Å². The van der Waals surface area contributed by atoms with E-state index in [-0.39, 0.29) is 0 Å². The molecule has 2 heteroatoms. The summed E-state index contributed by atoms with van der Waals surface area (Å²) in [5.74, 6) is 0. The van der Waals surface area contributed by atoms with E-state index in [1.807, 2.05) is 6.07 Å². The summed E-state index contributed by atoms with van der Waals surface area (Å²) in [6.07, 6.45) is 6.17. The molecular formula is C12H17NO. The number of rotatable bonds is 2. The molecule has 0 N–H and O–H groups in total. The molecule has 0 atom stereocenters. The number of aromatic nitrogens is 1. The van der Waals surface area contributed by atoms with Gasteiger partial charge in [0.15, 0.2) is 6.29 Å². The zero-order valence-corrected chi connectivity index (χ0v) is 8.92. The van der Waals surface area contributed by atoms with E-state index in [1.165, 1.54) is 31.4 Å². The third-order valence-corrected chi connectivity index (χ3v) is 3.34. The van der Waals surface area contributed by atoms with E-state index in [9.17, 15) is 4.79 Å². The summed E-state index contributed by atoms with van der Waals surface area (Å²) in [7, 11) is 0. The lowest BCUT2D eigenvalue weighted by molar-refractivity contribution is 0.112. The van der Waals surface area contributed by atoms with Gasteiger partial charge < -0.3 is 4.57 Å². The molecule has 1 aromatic heterocycles. The summed E-state index contributed by atoms with van der Waals surface area (Å²) in [4.78, 5) is 10.8. The van der Waals surface area contributed by atoms with Gasteiger partial charge in [-0.05, 0) is 32.8 Å². The van der Waals surface area contributed by atoms with Gasteiger partial charge in [-0.3, -0.25) is 4.79 Å². The molecule has 1 aliphatic carbocycles. The summed E-state index contributed by atoms with van der Waals surface area (Å²) < 4.78 is 2.34. The molecule has 2 rings (SSSR count). The van der Waals surface area contributed by atoms with Crippen molar-refractivity contribution in [2.24, 2.45) is 0 Å². The Morgan fingerprint density at radius 2 is 2.00 bits per heavy atom. The predicted molar refractivity (Wildman–Crippen MR) is 56.8 cm³/mol. The Hall–Kier alpha value is -1.05. The Bertz CT molecular complexity index is 345. The van der Waals surface area contributed by atoms with E-state index in [1.54, 1.807) is 0 Å². The average Bonchev–Trinajstić information content (AvgIpc) is 2.74. The maximum Gasteiger partial charge on any atom is 0.151 e. The Labute approximate surface area is 84.9 Å². The highest BCUT2D eigenvalue weighted by atomic mass is 16.1. The van der Waals surface area contributed by atoms with Crippen molar-refractivity contribution in [1.82, 2.24) is 4.57 Å². The summed E-state index contributed by atoms with van der Waals surface area (Å²) in [5, 5.41) is 0. The van der Waals surface area contributed by atoms with Crippen molar-refractivity contribution in [3.8, 4) is 0 Å². The second-order valence-electron chi connectivity index (χ2n) is 4.25. The van der Waals surface area contributed by atoms with Gasteiger partial charge in [0.2, 0.25) is 0 Å². The minimum atomic E-state index is 0.642. The van der Waals surface area contributed by atoms with Crippen molar-refractivity contribution in [2.75, 3.05) is 0 Å². The van der Waals surface area contributed by atoms with Crippen molar-refractivity contribution in [3.63, 3.8) is 0 Å². The topological polar surface area (TPSA) is 22.0 Å². The third kappa shape index (κ3) is 1.39. The highest BCUT2D eigenvalue weighted by Crippen LogP contribution is 2.32. The standard InChI is InChI=1S/C12H17NO/c1-9-7-11(8-14)10(2)13(9)12-5-3-4-6-12/h7-8,12H,3-6H2,1-2H3. The van der Waals surface area contributed by atoms with Gasteiger partial charge in [0.25, 0.3) is 0 Å². The van der Waals surface area contributed by atoms with Crippen molar-refractivity contribution in [1.29, 1.82) is 0 Å². The molecule has 1 saturated carbocycles. The second-order valence-corrected chi connectivity index (χ2v) is 4.25. The van der Waals surface area contributed by atoms with Gasteiger partial charge in [-0.15, -0.1) is 0 Å². The summed E-state index contributed by atoms with van der Waals surface area (Å²) >= 11 is 0. The molecule has 0 aromatic carbocycles. The van der Waals surface area contributed by atoms with Crippen LogP contribution in [-0.2, 0) is 0 Å². The fourth-order valence-corrected chi connectivity index (χ4v) is 2.65. The zero-order valence-electron chi connectivity index (χ0n) is 8.92. The molecule has 0 unspecified atom stereocenters. The number of carbonyl (C=O) groups is 1. The van der Waals surface area contributed by atoms with Crippen LogP contribution in [0.1, 0.15) is 53.5 Å². The van der Waals surface area contributed by atoms with Crippen LogP contribution in [0.25, 0.3) is 0 Å². The van der Waals surface area contributed by atoms with Crippen LogP contribution < -0.4 is 0 Å². The van der Waals surface area contributed by atoms with Crippen molar-refractivity contribution < 1.29 is 4.79 Å². The molecule has 0 bridgehead atoms. The fraction of sp³-hybridized carbons (Fsp3) is 0.583. The van der Waals surface area contributed by atoms with E-state index in [0.717, 1.165) is 17.5 Å². The second kappa shape index (κ2) is 3.60. The SMILES string of the molecule is Cc1cc(C=O)c(C)n1C1CCCC1. The van der Waals surface area contributed by atoms with Crippen LogP contribution in [0, 0.1) is 13.8 Å². The molecule has 1 aromatic rings. The van der Waals surface area contributed by atoms with Crippen LogP contribution in [0.2, 0.25) is 0 Å². The van der Waals surface area contributed by atoms with Crippen LogP contribution in [0.3, 0.4) is 0 Å². The number of aryl methyl sites for hydroxylation is 1. The van der Waals surface area contributed by atoms with E-state index < -0.39 is 0 Å². The third-order valence-electron chi connectivity index (χ3n) is 3.34. The van der Waals surface area contributed by atoms with Gasteiger partial charge in [-0.2, -0.15) is 0 Å². The van der Waals surface area contributed by atoms with E-state index in [2.05, 4.69) is 18.4 Å². The molecule has 0 amide bonds. The molecule has 0 spiro atoms. The maximum absolute atomic E-state index is 10.8. The highest BCUT2D eigenvalue weighted by molar-refractivity contribution is 5.77. The first-order chi connectivity index (χ1) is 6.74. The van der Waals surface area contributed by atoms with Gasteiger partial charge in [-0.1, -0.05) is 12.8 Å². The molecule has 1 heterocycles. The van der Waals surface area contributed by atoms with Gasteiger partial charge >= 0.3 is 0 Å². The number of aldehydes is 1. The smallest absolute Gasteiger partial charge is 0.151 e. The maximum atomic E-state index is 10.8. The lowest BCUT2D eigenvalue weighted by atomic mass is 10.2. The Kier molecular flexibility index (Phi) is 2.44. The lowest BCUT2D eigenvalue weighted by Crippen LogP contribution is -2.08. The van der Waals surface area contributed by atoms with E-state index in [4.69, 9.17) is 0 Å².